The molecule has 1 aliphatic heterocycles. The molecule has 29 heavy (non-hydrogen) atoms. The molecule has 1 saturated heterocycles. The molecule has 1 aromatic carbocycles. The lowest BCUT2D eigenvalue weighted by Crippen LogP contribution is -2.44. The number of amides is 2. The third kappa shape index (κ3) is 7.04. The van der Waals surface area contributed by atoms with Crippen molar-refractivity contribution in [3.63, 3.8) is 0 Å². The van der Waals surface area contributed by atoms with Crippen molar-refractivity contribution in [2.24, 2.45) is 5.92 Å². The van der Waals surface area contributed by atoms with E-state index in [2.05, 4.69) is 6.58 Å². The number of benzene rings is 1. The number of rotatable bonds is 9. The highest BCUT2D eigenvalue weighted by Gasteiger charge is 2.41. The van der Waals surface area contributed by atoms with E-state index in [-0.39, 0.29) is 25.0 Å². The van der Waals surface area contributed by atoms with Crippen molar-refractivity contribution in [2.75, 3.05) is 6.61 Å². The van der Waals surface area contributed by atoms with Crippen molar-refractivity contribution < 1.29 is 23.9 Å². The largest absolute Gasteiger partial charge is 0.460 e. The van der Waals surface area contributed by atoms with Crippen LogP contribution in [0.2, 0.25) is 0 Å². The van der Waals surface area contributed by atoms with Crippen LogP contribution in [0, 0.1) is 5.92 Å². The minimum absolute atomic E-state index is 0.0604. The van der Waals surface area contributed by atoms with Crippen molar-refractivity contribution in [3.8, 4) is 0 Å². The molecule has 1 heterocycles. The summed E-state index contributed by atoms with van der Waals surface area (Å²) in [7, 11) is 0. The van der Waals surface area contributed by atoms with Gasteiger partial charge in [-0.15, -0.1) is 6.58 Å². The molecule has 0 bridgehead atoms. The number of hydrogen-bond donors (Lipinski definition) is 0. The lowest BCUT2D eigenvalue weighted by Gasteiger charge is -2.26. The standard InChI is InChI=1S/C23H31NO5/c1-5-6-8-13-18(15-20(25)29-23(2,3)4)21(26)24-19(16-28-22(24)27)14-17-11-9-7-10-12-17/h5,7,9-12,18-19H,1,6,8,13-16H2,2-4H3/t18-,19+/m1/s1. The maximum Gasteiger partial charge on any atom is 0.416 e. The van der Waals surface area contributed by atoms with Crippen LogP contribution in [0.4, 0.5) is 4.79 Å². The first-order valence-corrected chi connectivity index (χ1v) is 10.1. The van der Waals surface area contributed by atoms with Gasteiger partial charge in [-0.05, 0) is 52.0 Å². The summed E-state index contributed by atoms with van der Waals surface area (Å²) in [4.78, 5) is 39.1. The number of allylic oxidation sites excluding steroid dienone is 1. The van der Waals surface area contributed by atoms with Crippen LogP contribution in [-0.2, 0) is 25.5 Å². The molecule has 158 valence electrons. The second-order valence-corrected chi connectivity index (χ2v) is 8.34. The average molecular weight is 402 g/mol. The maximum absolute atomic E-state index is 13.2. The first kappa shape index (κ1) is 22.7. The molecule has 2 rings (SSSR count). The zero-order valence-corrected chi connectivity index (χ0v) is 17.6. The van der Waals surface area contributed by atoms with Crippen LogP contribution in [0.1, 0.15) is 52.0 Å². The fourth-order valence-corrected chi connectivity index (χ4v) is 3.37. The molecule has 1 aromatic rings. The smallest absolute Gasteiger partial charge is 0.416 e. The molecule has 0 radical (unpaired) electrons. The Labute approximate surface area is 172 Å². The van der Waals surface area contributed by atoms with E-state index in [4.69, 9.17) is 9.47 Å². The summed E-state index contributed by atoms with van der Waals surface area (Å²) in [5.74, 6) is -1.45. The van der Waals surface area contributed by atoms with Crippen LogP contribution in [0.15, 0.2) is 43.0 Å². The lowest BCUT2D eigenvalue weighted by molar-refractivity contribution is -0.158. The molecule has 1 aliphatic rings. The van der Waals surface area contributed by atoms with E-state index in [1.165, 1.54) is 4.90 Å². The van der Waals surface area contributed by atoms with E-state index >= 15 is 0 Å². The normalized spacial score (nSPS) is 17.6. The van der Waals surface area contributed by atoms with Crippen LogP contribution >= 0.6 is 0 Å². The van der Waals surface area contributed by atoms with E-state index in [0.717, 1.165) is 12.0 Å². The summed E-state index contributed by atoms with van der Waals surface area (Å²) in [6, 6.07) is 9.28. The number of nitrogens with zero attached hydrogens (tertiary/aromatic N) is 1. The first-order chi connectivity index (χ1) is 13.7. The SMILES string of the molecule is C=CCCC[C@H](CC(=O)OC(C)(C)C)C(=O)N1C(=O)OC[C@@H]1Cc1ccccc1. The predicted octanol–water partition coefficient (Wildman–Crippen LogP) is 4.28. The Kier molecular flexibility index (Phi) is 8.00. The number of carbonyl (C=O) groups excluding carboxylic acids is 3. The summed E-state index contributed by atoms with van der Waals surface area (Å²) in [6.07, 6.45) is 3.50. The molecule has 6 nitrogen and oxygen atoms in total. The highest BCUT2D eigenvalue weighted by molar-refractivity contribution is 5.96. The van der Waals surface area contributed by atoms with Gasteiger partial charge in [-0.1, -0.05) is 36.4 Å². The quantitative estimate of drug-likeness (QED) is 0.351. The predicted molar refractivity (Wildman–Crippen MR) is 110 cm³/mol. The first-order valence-electron chi connectivity index (χ1n) is 10.1. The van der Waals surface area contributed by atoms with Gasteiger partial charge in [0.1, 0.15) is 12.2 Å². The van der Waals surface area contributed by atoms with E-state index in [1.54, 1.807) is 26.8 Å². The van der Waals surface area contributed by atoms with Gasteiger partial charge in [0.15, 0.2) is 0 Å². The number of esters is 1. The Morgan fingerprint density at radius 2 is 2.00 bits per heavy atom. The van der Waals surface area contributed by atoms with Crippen molar-refractivity contribution in [2.45, 2.75) is 64.5 Å². The Bertz CT molecular complexity index is 723. The zero-order chi connectivity index (χ0) is 21.4. The van der Waals surface area contributed by atoms with Crippen molar-refractivity contribution >= 4 is 18.0 Å². The highest BCUT2D eigenvalue weighted by atomic mass is 16.6. The number of unbranched alkanes of at least 4 members (excludes halogenated alkanes) is 1. The molecular formula is C23H31NO5. The van der Waals surface area contributed by atoms with Gasteiger partial charge < -0.3 is 9.47 Å². The number of hydrogen-bond acceptors (Lipinski definition) is 5. The summed E-state index contributed by atoms with van der Waals surface area (Å²) in [5.41, 5.74) is 0.387. The topological polar surface area (TPSA) is 72.9 Å². The van der Waals surface area contributed by atoms with Crippen LogP contribution in [0.5, 0.6) is 0 Å². The van der Waals surface area contributed by atoms with E-state index < -0.39 is 23.6 Å². The Hall–Kier alpha value is -2.63. The summed E-state index contributed by atoms with van der Waals surface area (Å²) < 4.78 is 10.6. The summed E-state index contributed by atoms with van der Waals surface area (Å²) in [5, 5.41) is 0. The average Bonchev–Trinajstić information content (AvgIpc) is 3.00. The van der Waals surface area contributed by atoms with Gasteiger partial charge in [0, 0.05) is 5.92 Å². The van der Waals surface area contributed by atoms with Crippen molar-refractivity contribution in [1.29, 1.82) is 0 Å². The van der Waals surface area contributed by atoms with Gasteiger partial charge in [-0.25, -0.2) is 9.69 Å². The number of imide groups is 1. The second kappa shape index (κ2) is 10.2. The van der Waals surface area contributed by atoms with Crippen molar-refractivity contribution in [1.82, 2.24) is 4.90 Å². The summed E-state index contributed by atoms with van der Waals surface area (Å²) >= 11 is 0. The fraction of sp³-hybridized carbons (Fsp3) is 0.522. The number of carbonyl (C=O) groups is 3. The van der Waals surface area contributed by atoms with E-state index in [1.807, 2.05) is 30.3 Å². The van der Waals surface area contributed by atoms with E-state index in [9.17, 15) is 14.4 Å². The molecule has 1 fully saturated rings. The Morgan fingerprint density at radius 1 is 1.31 bits per heavy atom. The highest BCUT2D eigenvalue weighted by Crippen LogP contribution is 2.25. The zero-order valence-electron chi connectivity index (χ0n) is 17.6. The van der Waals surface area contributed by atoms with Gasteiger partial charge in [0.2, 0.25) is 5.91 Å². The number of ether oxygens (including phenoxy) is 2. The van der Waals surface area contributed by atoms with Gasteiger partial charge in [-0.3, -0.25) is 9.59 Å². The minimum atomic E-state index is -0.645. The minimum Gasteiger partial charge on any atom is -0.460 e. The molecule has 0 aliphatic carbocycles. The molecule has 0 aromatic heterocycles. The van der Waals surface area contributed by atoms with Crippen LogP contribution in [0.25, 0.3) is 0 Å². The summed E-state index contributed by atoms with van der Waals surface area (Å²) in [6.45, 7) is 9.21. The monoisotopic (exact) mass is 401 g/mol. The second-order valence-electron chi connectivity index (χ2n) is 8.34. The Morgan fingerprint density at radius 3 is 2.62 bits per heavy atom. The molecule has 2 atom stereocenters. The maximum atomic E-state index is 13.2. The molecule has 0 unspecified atom stereocenters. The number of cyclic esters (lactones) is 1. The molecule has 0 N–H and O–H groups in total. The third-order valence-corrected chi connectivity index (χ3v) is 4.66. The lowest BCUT2D eigenvalue weighted by atomic mass is 9.95. The van der Waals surface area contributed by atoms with Crippen LogP contribution in [-0.4, -0.2) is 41.1 Å². The van der Waals surface area contributed by atoms with Crippen LogP contribution < -0.4 is 0 Å². The molecular weight excluding hydrogens is 370 g/mol. The van der Waals surface area contributed by atoms with Gasteiger partial charge in [0.25, 0.3) is 0 Å². The molecule has 2 amide bonds. The van der Waals surface area contributed by atoms with Gasteiger partial charge >= 0.3 is 12.1 Å². The third-order valence-electron chi connectivity index (χ3n) is 4.66. The van der Waals surface area contributed by atoms with Crippen molar-refractivity contribution in [3.05, 3.63) is 48.6 Å². The molecule has 6 heteroatoms. The fourth-order valence-electron chi connectivity index (χ4n) is 3.37. The Balaban J connectivity index is 2.14. The van der Waals surface area contributed by atoms with Crippen LogP contribution in [0.3, 0.4) is 0 Å². The van der Waals surface area contributed by atoms with Gasteiger partial charge in [-0.2, -0.15) is 0 Å². The molecule has 0 spiro atoms. The van der Waals surface area contributed by atoms with Gasteiger partial charge in [0.05, 0.1) is 12.5 Å². The van der Waals surface area contributed by atoms with E-state index in [0.29, 0.717) is 19.3 Å². The molecule has 0 saturated carbocycles.